The number of fused-ring (bicyclic) bond motifs is 1. The fraction of sp³-hybridized carbons (Fsp3) is 0.333. The number of hydrogen-bond donors (Lipinski definition) is 1. The molecule has 0 bridgehead atoms. The zero-order valence-corrected chi connectivity index (χ0v) is 7.45. The Hall–Kier alpha value is -1.42. The Morgan fingerprint density at radius 1 is 1.46 bits per heavy atom. The minimum atomic E-state index is 0.605. The zero-order chi connectivity index (χ0) is 9.10. The maximum Gasteiger partial charge on any atom is 0.246 e. The van der Waals surface area contributed by atoms with E-state index in [-0.39, 0.29) is 0 Å². The van der Waals surface area contributed by atoms with Crippen LogP contribution in [0, 0.1) is 0 Å². The van der Waals surface area contributed by atoms with E-state index in [1.807, 2.05) is 19.3 Å². The average molecular weight is 177 g/mol. The van der Waals surface area contributed by atoms with Crippen LogP contribution >= 0.6 is 0 Å². The van der Waals surface area contributed by atoms with Gasteiger partial charge in [-0.2, -0.15) is 0 Å². The van der Waals surface area contributed by atoms with Gasteiger partial charge in [-0.1, -0.05) is 0 Å². The second-order valence-electron chi connectivity index (χ2n) is 2.87. The number of pyridine rings is 1. The Balaban J connectivity index is 2.26. The van der Waals surface area contributed by atoms with E-state index in [0.717, 1.165) is 18.5 Å². The fourth-order valence-corrected chi connectivity index (χ4v) is 1.20. The van der Waals surface area contributed by atoms with Crippen molar-refractivity contribution in [1.82, 2.24) is 15.3 Å². The molecule has 68 valence electrons. The van der Waals surface area contributed by atoms with Gasteiger partial charge in [-0.25, -0.2) is 9.97 Å². The number of aromatic nitrogens is 2. The third-order valence-electron chi connectivity index (χ3n) is 1.91. The van der Waals surface area contributed by atoms with E-state index in [1.165, 1.54) is 12.0 Å². The molecule has 4 heteroatoms. The van der Waals surface area contributed by atoms with Crippen LogP contribution < -0.4 is 5.32 Å². The van der Waals surface area contributed by atoms with Crippen molar-refractivity contribution in [3.8, 4) is 0 Å². The molecule has 0 unspecified atom stereocenters. The van der Waals surface area contributed by atoms with Crippen LogP contribution in [0.4, 0.5) is 0 Å². The Morgan fingerprint density at radius 2 is 2.38 bits per heavy atom. The first-order valence-electron chi connectivity index (χ1n) is 4.23. The van der Waals surface area contributed by atoms with Gasteiger partial charge >= 0.3 is 0 Å². The van der Waals surface area contributed by atoms with Crippen molar-refractivity contribution >= 4 is 11.2 Å². The summed E-state index contributed by atoms with van der Waals surface area (Å²) in [6.45, 7) is 0.949. The molecular weight excluding hydrogens is 166 g/mol. The smallest absolute Gasteiger partial charge is 0.246 e. The van der Waals surface area contributed by atoms with E-state index in [4.69, 9.17) is 4.42 Å². The summed E-state index contributed by atoms with van der Waals surface area (Å²) in [7, 11) is 1.93. The molecular formula is C9H11N3O. The summed E-state index contributed by atoms with van der Waals surface area (Å²) in [4.78, 5) is 8.17. The topological polar surface area (TPSA) is 51.0 Å². The van der Waals surface area contributed by atoms with E-state index in [9.17, 15) is 0 Å². The van der Waals surface area contributed by atoms with E-state index >= 15 is 0 Å². The van der Waals surface area contributed by atoms with E-state index in [1.54, 1.807) is 0 Å². The molecule has 0 saturated heterocycles. The minimum absolute atomic E-state index is 0.605. The van der Waals surface area contributed by atoms with Gasteiger partial charge < -0.3 is 9.73 Å². The van der Waals surface area contributed by atoms with Gasteiger partial charge in [0, 0.05) is 6.20 Å². The van der Waals surface area contributed by atoms with Crippen molar-refractivity contribution in [2.24, 2.45) is 0 Å². The first-order chi connectivity index (χ1) is 6.40. The molecule has 0 radical (unpaired) electrons. The minimum Gasteiger partial charge on any atom is -0.425 e. The van der Waals surface area contributed by atoms with Gasteiger partial charge in [0.1, 0.15) is 5.52 Å². The quantitative estimate of drug-likeness (QED) is 0.759. The zero-order valence-electron chi connectivity index (χ0n) is 7.45. The predicted molar refractivity (Wildman–Crippen MR) is 49.4 cm³/mol. The molecule has 0 aliphatic heterocycles. The SMILES string of the molecule is CNCCc1cnc2ocnc2c1. The first kappa shape index (κ1) is 8.19. The molecule has 4 nitrogen and oxygen atoms in total. The molecule has 13 heavy (non-hydrogen) atoms. The van der Waals surface area contributed by atoms with Crippen LogP contribution in [0.15, 0.2) is 23.1 Å². The van der Waals surface area contributed by atoms with Crippen molar-refractivity contribution < 1.29 is 4.42 Å². The van der Waals surface area contributed by atoms with Gasteiger partial charge in [-0.3, -0.25) is 0 Å². The lowest BCUT2D eigenvalue weighted by Gasteiger charge is -1.98. The van der Waals surface area contributed by atoms with Crippen LogP contribution in [0.25, 0.3) is 11.2 Å². The summed E-state index contributed by atoms with van der Waals surface area (Å²) in [6.07, 6.45) is 4.21. The van der Waals surface area contributed by atoms with Crippen molar-refractivity contribution in [2.75, 3.05) is 13.6 Å². The lowest BCUT2D eigenvalue weighted by atomic mass is 10.2. The number of nitrogens with zero attached hydrogens (tertiary/aromatic N) is 2. The lowest BCUT2D eigenvalue weighted by Crippen LogP contribution is -2.10. The van der Waals surface area contributed by atoms with E-state index < -0.39 is 0 Å². The normalized spacial score (nSPS) is 10.8. The third kappa shape index (κ3) is 1.67. The summed E-state index contributed by atoms with van der Waals surface area (Å²) in [5, 5.41) is 3.09. The summed E-state index contributed by atoms with van der Waals surface area (Å²) in [5.41, 5.74) is 2.61. The van der Waals surface area contributed by atoms with Gasteiger partial charge in [0.25, 0.3) is 0 Å². The first-order valence-corrected chi connectivity index (χ1v) is 4.23. The molecule has 0 spiro atoms. The number of rotatable bonds is 3. The standard InChI is InChI=1S/C9H11N3O/c1-10-3-2-7-4-8-9(11-5-7)13-6-12-8/h4-6,10H,2-3H2,1H3. The molecule has 1 N–H and O–H groups in total. The number of hydrogen-bond acceptors (Lipinski definition) is 4. The summed E-state index contributed by atoms with van der Waals surface area (Å²) in [5.74, 6) is 0. The van der Waals surface area contributed by atoms with E-state index in [2.05, 4.69) is 15.3 Å². The summed E-state index contributed by atoms with van der Waals surface area (Å²) < 4.78 is 5.04. The Kier molecular flexibility index (Phi) is 2.23. The monoisotopic (exact) mass is 177 g/mol. The van der Waals surface area contributed by atoms with Gasteiger partial charge in [0.2, 0.25) is 5.71 Å². The van der Waals surface area contributed by atoms with Gasteiger partial charge in [-0.15, -0.1) is 0 Å². The maximum atomic E-state index is 5.04. The fourth-order valence-electron chi connectivity index (χ4n) is 1.20. The van der Waals surface area contributed by atoms with Crippen LogP contribution in [-0.4, -0.2) is 23.6 Å². The number of nitrogens with one attached hydrogen (secondary N) is 1. The highest BCUT2D eigenvalue weighted by molar-refractivity contribution is 5.67. The molecule has 0 aliphatic rings. The molecule has 2 heterocycles. The highest BCUT2D eigenvalue weighted by Crippen LogP contribution is 2.10. The highest BCUT2D eigenvalue weighted by atomic mass is 16.3. The van der Waals surface area contributed by atoms with Crippen LogP contribution in [0.3, 0.4) is 0 Å². The molecule has 2 aromatic rings. The summed E-state index contributed by atoms with van der Waals surface area (Å²) >= 11 is 0. The van der Waals surface area contributed by atoms with Crippen molar-refractivity contribution in [1.29, 1.82) is 0 Å². The Bertz CT molecular complexity index is 396. The largest absolute Gasteiger partial charge is 0.425 e. The van der Waals surface area contributed by atoms with Gasteiger partial charge in [0.05, 0.1) is 0 Å². The Labute approximate surface area is 76.0 Å². The van der Waals surface area contributed by atoms with Crippen molar-refractivity contribution in [3.63, 3.8) is 0 Å². The van der Waals surface area contributed by atoms with Crippen LogP contribution in [-0.2, 0) is 6.42 Å². The van der Waals surface area contributed by atoms with Crippen molar-refractivity contribution in [2.45, 2.75) is 6.42 Å². The number of likely N-dealkylation sites (N-methyl/N-ethyl adjacent to an activating group) is 1. The van der Waals surface area contributed by atoms with Crippen LogP contribution in [0.2, 0.25) is 0 Å². The van der Waals surface area contributed by atoms with Crippen molar-refractivity contribution in [3.05, 3.63) is 24.2 Å². The molecule has 0 amide bonds. The second kappa shape index (κ2) is 3.53. The predicted octanol–water partition coefficient (Wildman–Crippen LogP) is 0.985. The second-order valence-corrected chi connectivity index (χ2v) is 2.87. The number of oxazole rings is 1. The van der Waals surface area contributed by atoms with Gasteiger partial charge in [0.15, 0.2) is 6.39 Å². The highest BCUT2D eigenvalue weighted by Gasteiger charge is 2.00. The molecule has 0 aromatic carbocycles. The van der Waals surface area contributed by atoms with E-state index in [0.29, 0.717) is 5.71 Å². The van der Waals surface area contributed by atoms with Gasteiger partial charge in [-0.05, 0) is 31.6 Å². The molecule has 0 saturated carbocycles. The maximum absolute atomic E-state index is 5.04. The van der Waals surface area contributed by atoms with Crippen LogP contribution in [0.1, 0.15) is 5.56 Å². The molecule has 0 aliphatic carbocycles. The molecule has 0 fully saturated rings. The van der Waals surface area contributed by atoms with Crippen LogP contribution in [0.5, 0.6) is 0 Å². The lowest BCUT2D eigenvalue weighted by molar-refractivity contribution is 0.590. The Morgan fingerprint density at radius 3 is 3.23 bits per heavy atom. The summed E-state index contributed by atoms with van der Waals surface area (Å²) in [6, 6.07) is 2.00. The molecule has 2 aromatic heterocycles. The average Bonchev–Trinajstić information content (AvgIpc) is 2.61. The molecule has 2 rings (SSSR count). The third-order valence-corrected chi connectivity index (χ3v) is 1.91. The molecule has 0 atom stereocenters.